The molecule has 0 bridgehead atoms. The van der Waals surface area contributed by atoms with Gasteiger partial charge in [-0.2, -0.15) is 0 Å². The van der Waals surface area contributed by atoms with Gasteiger partial charge in [0.05, 0.1) is 10.0 Å². The molecule has 0 aliphatic heterocycles. The Morgan fingerprint density at radius 1 is 1.14 bits per heavy atom. The lowest BCUT2D eigenvalue weighted by Gasteiger charge is -2.26. The van der Waals surface area contributed by atoms with Gasteiger partial charge in [0.2, 0.25) is 5.91 Å². The minimum atomic E-state index is -0.0611. The Balaban J connectivity index is 2.04. The van der Waals surface area contributed by atoms with E-state index in [-0.39, 0.29) is 11.8 Å². The zero-order valence-electron chi connectivity index (χ0n) is 12.1. The van der Waals surface area contributed by atoms with Crippen molar-refractivity contribution in [2.45, 2.75) is 19.3 Å². The highest BCUT2D eigenvalue weighted by Crippen LogP contribution is 2.39. The van der Waals surface area contributed by atoms with E-state index in [4.69, 9.17) is 23.2 Å². The van der Waals surface area contributed by atoms with Crippen LogP contribution in [0, 0.1) is 0 Å². The van der Waals surface area contributed by atoms with Crippen LogP contribution in [0.1, 0.15) is 36.0 Å². The topological polar surface area (TPSA) is 29.1 Å². The first-order valence-electron chi connectivity index (χ1n) is 7.08. The molecule has 0 radical (unpaired) electrons. The van der Waals surface area contributed by atoms with Gasteiger partial charge < -0.3 is 5.32 Å². The molecule has 0 saturated heterocycles. The van der Waals surface area contributed by atoms with Crippen molar-refractivity contribution in [3.05, 3.63) is 75.3 Å². The number of halogens is 2. The van der Waals surface area contributed by atoms with Crippen molar-refractivity contribution in [2.24, 2.45) is 0 Å². The van der Waals surface area contributed by atoms with E-state index in [0.29, 0.717) is 10.0 Å². The summed E-state index contributed by atoms with van der Waals surface area (Å²) in [6.45, 7) is 1.52. The van der Waals surface area contributed by atoms with E-state index in [9.17, 15) is 4.79 Å². The summed E-state index contributed by atoms with van der Waals surface area (Å²) in [6, 6.07) is 13.9. The van der Waals surface area contributed by atoms with Gasteiger partial charge in [-0.1, -0.05) is 59.6 Å². The first-order chi connectivity index (χ1) is 10.6. The van der Waals surface area contributed by atoms with E-state index in [1.54, 1.807) is 0 Å². The van der Waals surface area contributed by atoms with Gasteiger partial charge in [0.15, 0.2) is 0 Å². The number of nitrogens with one attached hydrogen (secondary N) is 1. The average Bonchev–Trinajstić information content (AvgIpc) is 2.50. The standard InChI is InChI=1S/C18H15Cl2NO/c1-11(22)21-18-9-7-13(14-4-2-3-5-15(14)18)12-6-8-16(19)17(20)10-12/h2-6,8-10,13H,7H2,1H3,(H,21,22). The van der Waals surface area contributed by atoms with Crippen LogP contribution < -0.4 is 5.32 Å². The smallest absolute Gasteiger partial charge is 0.221 e. The van der Waals surface area contributed by atoms with Gasteiger partial charge in [-0.25, -0.2) is 0 Å². The van der Waals surface area contributed by atoms with Gasteiger partial charge >= 0.3 is 0 Å². The third-order valence-electron chi connectivity index (χ3n) is 3.84. The van der Waals surface area contributed by atoms with Gasteiger partial charge in [-0.3, -0.25) is 4.79 Å². The van der Waals surface area contributed by atoms with E-state index < -0.39 is 0 Å². The van der Waals surface area contributed by atoms with E-state index in [2.05, 4.69) is 17.5 Å². The number of fused-ring (bicyclic) bond motifs is 1. The molecule has 2 aromatic rings. The van der Waals surface area contributed by atoms with E-state index in [0.717, 1.165) is 23.2 Å². The van der Waals surface area contributed by atoms with E-state index in [1.807, 2.05) is 36.4 Å². The Bertz CT molecular complexity index is 767. The Morgan fingerprint density at radius 2 is 1.91 bits per heavy atom. The number of carbonyl (C=O) groups is 1. The third-order valence-corrected chi connectivity index (χ3v) is 4.58. The minimum absolute atomic E-state index is 0.0611. The van der Waals surface area contributed by atoms with Gasteiger partial charge in [-0.05, 0) is 29.7 Å². The second-order valence-electron chi connectivity index (χ2n) is 5.35. The Hall–Kier alpha value is -1.77. The van der Waals surface area contributed by atoms with Crippen LogP contribution in [-0.2, 0) is 4.79 Å². The molecule has 0 heterocycles. The zero-order valence-corrected chi connectivity index (χ0v) is 13.6. The van der Waals surface area contributed by atoms with Crippen molar-refractivity contribution >= 4 is 34.8 Å². The molecule has 4 heteroatoms. The molecule has 1 amide bonds. The molecule has 0 aromatic heterocycles. The van der Waals surface area contributed by atoms with Crippen LogP contribution in [0.5, 0.6) is 0 Å². The van der Waals surface area contributed by atoms with Gasteiger partial charge in [0.1, 0.15) is 0 Å². The monoisotopic (exact) mass is 331 g/mol. The summed E-state index contributed by atoms with van der Waals surface area (Å²) in [7, 11) is 0. The summed E-state index contributed by atoms with van der Waals surface area (Å²) >= 11 is 12.2. The predicted molar refractivity (Wildman–Crippen MR) is 91.2 cm³/mol. The molecular formula is C18H15Cl2NO. The van der Waals surface area contributed by atoms with Gasteiger partial charge in [0, 0.05) is 24.1 Å². The molecule has 2 aromatic carbocycles. The first-order valence-corrected chi connectivity index (χ1v) is 7.84. The Morgan fingerprint density at radius 3 is 2.64 bits per heavy atom. The SMILES string of the molecule is CC(=O)NC1=CCC(c2ccc(Cl)c(Cl)c2)c2ccccc21. The maximum absolute atomic E-state index is 11.4. The molecule has 2 nitrogen and oxygen atoms in total. The highest BCUT2D eigenvalue weighted by atomic mass is 35.5. The molecule has 0 saturated carbocycles. The van der Waals surface area contributed by atoms with Crippen LogP contribution >= 0.6 is 23.2 Å². The van der Waals surface area contributed by atoms with E-state index >= 15 is 0 Å². The van der Waals surface area contributed by atoms with E-state index in [1.165, 1.54) is 12.5 Å². The molecule has 3 rings (SSSR count). The van der Waals surface area contributed by atoms with Crippen LogP contribution in [0.25, 0.3) is 5.70 Å². The van der Waals surface area contributed by atoms with Crippen molar-refractivity contribution in [3.63, 3.8) is 0 Å². The fraction of sp³-hybridized carbons (Fsp3) is 0.167. The summed E-state index contributed by atoms with van der Waals surface area (Å²) in [5.74, 6) is 0.150. The highest BCUT2D eigenvalue weighted by molar-refractivity contribution is 6.42. The maximum Gasteiger partial charge on any atom is 0.221 e. The second kappa shape index (κ2) is 6.15. The maximum atomic E-state index is 11.4. The molecule has 1 aliphatic carbocycles. The quantitative estimate of drug-likeness (QED) is 0.823. The second-order valence-corrected chi connectivity index (χ2v) is 6.16. The molecule has 0 fully saturated rings. The number of rotatable bonds is 2. The summed E-state index contributed by atoms with van der Waals surface area (Å²) in [5, 5.41) is 4.03. The van der Waals surface area contributed by atoms with Crippen molar-refractivity contribution in [1.29, 1.82) is 0 Å². The van der Waals surface area contributed by atoms with Crippen molar-refractivity contribution in [1.82, 2.24) is 5.32 Å². The number of carbonyl (C=O) groups excluding carboxylic acids is 1. The van der Waals surface area contributed by atoms with Crippen LogP contribution in [0.4, 0.5) is 0 Å². The number of allylic oxidation sites excluding steroid dienone is 1. The Labute approximate surface area is 139 Å². The number of benzene rings is 2. The van der Waals surface area contributed by atoms with Crippen molar-refractivity contribution in [2.75, 3.05) is 0 Å². The average molecular weight is 332 g/mol. The fourth-order valence-corrected chi connectivity index (χ4v) is 3.18. The summed E-state index contributed by atoms with van der Waals surface area (Å²) in [5.41, 5.74) is 4.24. The molecule has 22 heavy (non-hydrogen) atoms. The van der Waals surface area contributed by atoms with Crippen LogP contribution in [0.2, 0.25) is 10.0 Å². The number of hydrogen-bond acceptors (Lipinski definition) is 1. The summed E-state index contributed by atoms with van der Waals surface area (Å²) in [6.07, 6.45) is 2.88. The Kier molecular flexibility index (Phi) is 4.23. The van der Waals surface area contributed by atoms with Gasteiger partial charge in [0.25, 0.3) is 0 Å². The first kappa shape index (κ1) is 15.1. The molecule has 1 aliphatic rings. The molecule has 0 spiro atoms. The van der Waals surface area contributed by atoms with Crippen LogP contribution in [-0.4, -0.2) is 5.91 Å². The predicted octanol–water partition coefficient (Wildman–Crippen LogP) is 5.01. The molecule has 1 unspecified atom stereocenters. The minimum Gasteiger partial charge on any atom is -0.326 e. The normalized spacial score (nSPS) is 16.7. The van der Waals surface area contributed by atoms with Crippen LogP contribution in [0.15, 0.2) is 48.5 Å². The highest BCUT2D eigenvalue weighted by Gasteiger charge is 2.23. The molecular weight excluding hydrogens is 317 g/mol. The number of hydrogen-bond donors (Lipinski definition) is 1. The summed E-state index contributed by atoms with van der Waals surface area (Å²) < 4.78 is 0. The lowest BCUT2D eigenvalue weighted by molar-refractivity contribution is -0.117. The fourth-order valence-electron chi connectivity index (χ4n) is 2.87. The largest absolute Gasteiger partial charge is 0.326 e. The van der Waals surface area contributed by atoms with Crippen molar-refractivity contribution < 1.29 is 4.79 Å². The molecule has 112 valence electrons. The van der Waals surface area contributed by atoms with Crippen LogP contribution in [0.3, 0.4) is 0 Å². The lowest BCUT2D eigenvalue weighted by atomic mass is 9.81. The lowest BCUT2D eigenvalue weighted by Crippen LogP contribution is -2.22. The van der Waals surface area contributed by atoms with Crippen molar-refractivity contribution in [3.8, 4) is 0 Å². The molecule has 1 N–H and O–H groups in total. The summed E-state index contributed by atoms with van der Waals surface area (Å²) in [4.78, 5) is 11.4. The molecule has 1 atom stereocenters. The zero-order chi connectivity index (χ0) is 15.7. The van der Waals surface area contributed by atoms with Gasteiger partial charge in [-0.15, -0.1) is 0 Å². The number of amides is 1. The third kappa shape index (κ3) is 2.90.